The van der Waals surface area contributed by atoms with E-state index in [9.17, 15) is 0 Å². The number of nitrogens with two attached hydrogens (primary N) is 1. The van der Waals surface area contributed by atoms with E-state index in [2.05, 4.69) is 0 Å². The fourth-order valence-electron chi connectivity index (χ4n) is 4.40. The molecule has 19 heavy (non-hydrogen) atoms. The SMILES string of the molecule is NC(Cc1cc(Cl)cc2c1OCC2)C1C2CCCC21. The van der Waals surface area contributed by atoms with Crippen molar-refractivity contribution in [3.63, 3.8) is 0 Å². The second-order valence-corrected chi connectivity index (χ2v) is 6.79. The summed E-state index contributed by atoms with van der Waals surface area (Å²) in [4.78, 5) is 0. The standard InChI is InChI=1S/C16H20ClNO/c17-11-6-9-4-5-19-16(9)10(7-11)8-14(18)15-12-2-1-3-13(12)15/h6-7,12-15H,1-5,8,18H2. The molecule has 4 rings (SSSR count). The summed E-state index contributed by atoms with van der Waals surface area (Å²) in [6.45, 7) is 0.784. The van der Waals surface area contributed by atoms with Crippen LogP contribution in [0.15, 0.2) is 12.1 Å². The number of ether oxygens (including phenoxy) is 1. The van der Waals surface area contributed by atoms with Crippen molar-refractivity contribution in [2.24, 2.45) is 23.5 Å². The molecule has 0 saturated heterocycles. The lowest BCUT2D eigenvalue weighted by atomic mass is 9.96. The summed E-state index contributed by atoms with van der Waals surface area (Å²) in [5, 5.41) is 0.822. The Bertz CT molecular complexity index is 506. The number of fused-ring (bicyclic) bond motifs is 2. The molecule has 0 spiro atoms. The van der Waals surface area contributed by atoms with Crippen LogP contribution in [0.1, 0.15) is 30.4 Å². The van der Waals surface area contributed by atoms with Gasteiger partial charge in [0, 0.05) is 17.5 Å². The first-order chi connectivity index (χ1) is 9.24. The van der Waals surface area contributed by atoms with E-state index >= 15 is 0 Å². The predicted octanol–water partition coefficient (Wildman–Crippen LogP) is 3.19. The Morgan fingerprint density at radius 2 is 2.11 bits per heavy atom. The van der Waals surface area contributed by atoms with Crippen LogP contribution in [0.5, 0.6) is 5.75 Å². The van der Waals surface area contributed by atoms with Crippen LogP contribution in [-0.2, 0) is 12.8 Å². The van der Waals surface area contributed by atoms with Crippen LogP contribution in [0.2, 0.25) is 5.02 Å². The molecule has 2 aliphatic carbocycles. The van der Waals surface area contributed by atoms with Gasteiger partial charge in [0.25, 0.3) is 0 Å². The highest BCUT2D eigenvalue weighted by Crippen LogP contribution is 2.59. The van der Waals surface area contributed by atoms with Gasteiger partial charge in [-0.3, -0.25) is 0 Å². The topological polar surface area (TPSA) is 35.2 Å². The molecule has 1 aliphatic heterocycles. The monoisotopic (exact) mass is 277 g/mol. The summed E-state index contributed by atoms with van der Waals surface area (Å²) in [6, 6.07) is 4.36. The van der Waals surface area contributed by atoms with E-state index in [4.69, 9.17) is 22.1 Å². The molecule has 2 saturated carbocycles. The molecule has 102 valence electrons. The van der Waals surface area contributed by atoms with Gasteiger partial charge in [0.05, 0.1) is 6.61 Å². The highest BCUT2D eigenvalue weighted by molar-refractivity contribution is 6.30. The zero-order valence-electron chi connectivity index (χ0n) is 11.1. The van der Waals surface area contributed by atoms with Crippen molar-refractivity contribution in [1.82, 2.24) is 0 Å². The fraction of sp³-hybridized carbons (Fsp3) is 0.625. The summed E-state index contributed by atoms with van der Waals surface area (Å²) in [7, 11) is 0. The molecule has 2 fully saturated rings. The summed E-state index contributed by atoms with van der Waals surface area (Å²) >= 11 is 6.21. The maximum Gasteiger partial charge on any atom is 0.125 e. The van der Waals surface area contributed by atoms with Crippen molar-refractivity contribution in [2.75, 3.05) is 6.61 Å². The third-order valence-electron chi connectivity index (χ3n) is 5.25. The molecule has 0 bridgehead atoms. The van der Waals surface area contributed by atoms with Gasteiger partial charge in [0.15, 0.2) is 0 Å². The maximum absolute atomic E-state index is 6.45. The van der Waals surface area contributed by atoms with Crippen LogP contribution in [-0.4, -0.2) is 12.6 Å². The van der Waals surface area contributed by atoms with E-state index in [0.29, 0.717) is 0 Å². The number of benzene rings is 1. The molecule has 3 unspecified atom stereocenters. The highest BCUT2D eigenvalue weighted by atomic mass is 35.5. The molecule has 0 radical (unpaired) electrons. The van der Waals surface area contributed by atoms with Crippen molar-refractivity contribution >= 4 is 11.6 Å². The molecular formula is C16H20ClNO. The van der Waals surface area contributed by atoms with Gasteiger partial charge in [-0.15, -0.1) is 0 Å². The normalized spacial score (nSPS) is 32.6. The summed E-state index contributed by atoms with van der Waals surface area (Å²) in [5.41, 5.74) is 8.92. The van der Waals surface area contributed by atoms with Gasteiger partial charge in [0.2, 0.25) is 0 Å². The summed E-state index contributed by atoms with van der Waals surface area (Å²) < 4.78 is 5.77. The molecule has 1 aromatic carbocycles. The van der Waals surface area contributed by atoms with Gasteiger partial charge in [-0.1, -0.05) is 18.0 Å². The Labute approximate surface area is 119 Å². The van der Waals surface area contributed by atoms with Crippen LogP contribution in [0.25, 0.3) is 0 Å². The van der Waals surface area contributed by atoms with Gasteiger partial charge in [-0.05, 0) is 60.3 Å². The fourth-order valence-corrected chi connectivity index (χ4v) is 4.66. The molecule has 3 heteroatoms. The molecule has 0 aromatic heterocycles. The van der Waals surface area contributed by atoms with Gasteiger partial charge < -0.3 is 10.5 Å². The molecular weight excluding hydrogens is 258 g/mol. The second kappa shape index (κ2) is 4.39. The van der Waals surface area contributed by atoms with E-state index in [-0.39, 0.29) is 6.04 Å². The Morgan fingerprint density at radius 1 is 1.32 bits per heavy atom. The third-order valence-corrected chi connectivity index (χ3v) is 5.47. The minimum Gasteiger partial charge on any atom is -0.493 e. The van der Waals surface area contributed by atoms with Crippen LogP contribution in [0, 0.1) is 17.8 Å². The number of rotatable bonds is 3. The largest absolute Gasteiger partial charge is 0.493 e. The zero-order valence-corrected chi connectivity index (χ0v) is 11.8. The van der Waals surface area contributed by atoms with Crippen LogP contribution in [0.3, 0.4) is 0 Å². The quantitative estimate of drug-likeness (QED) is 0.921. The summed E-state index contributed by atoms with van der Waals surface area (Å²) in [5.74, 6) is 3.65. The minimum absolute atomic E-state index is 0.280. The molecule has 1 aromatic rings. The lowest BCUT2D eigenvalue weighted by molar-refractivity contribution is 0.351. The van der Waals surface area contributed by atoms with Gasteiger partial charge in [-0.25, -0.2) is 0 Å². The van der Waals surface area contributed by atoms with Crippen LogP contribution in [0.4, 0.5) is 0 Å². The molecule has 2 nitrogen and oxygen atoms in total. The molecule has 3 aliphatic rings. The Morgan fingerprint density at radius 3 is 2.89 bits per heavy atom. The highest BCUT2D eigenvalue weighted by Gasteiger charge is 2.54. The van der Waals surface area contributed by atoms with E-state index in [1.165, 1.54) is 30.4 Å². The Kier molecular flexibility index (Phi) is 2.78. The van der Waals surface area contributed by atoms with Crippen LogP contribution < -0.4 is 10.5 Å². The van der Waals surface area contributed by atoms with Crippen molar-refractivity contribution in [3.05, 3.63) is 28.3 Å². The molecule has 1 heterocycles. The first-order valence-corrected chi connectivity index (χ1v) is 7.81. The first kappa shape index (κ1) is 12.0. The van der Waals surface area contributed by atoms with E-state index in [1.54, 1.807) is 0 Å². The lowest BCUT2D eigenvalue weighted by Gasteiger charge is -2.16. The van der Waals surface area contributed by atoms with Crippen molar-refractivity contribution in [1.29, 1.82) is 0 Å². The molecule has 3 atom stereocenters. The van der Waals surface area contributed by atoms with E-state index < -0.39 is 0 Å². The minimum atomic E-state index is 0.280. The maximum atomic E-state index is 6.45. The molecule has 0 amide bonds. The summed E-state index contributed by atoms with van der Waals surface area (Å²) in [6.07, 6.45) is 6.10. The lowest BCUT2D eigenvalue weighted by Crippen LogP contribution is -2.27. The number of halogens is 1. The van der Waals surface area contributed by atoms with Crippen molar-refractivity contribution < 1.29 is 4.74 Å². The van der Waals surface area contributed by atoms with Gasteiger partial charge in [0.1, 0.15) is 5.75 Å². The average Bonchev–Trinajstić information content (AvgIpc) is 2.79. The van der Waals surface area contributed by atoms with E-state index in [1.807, 2.05) is 12.1 Å². The third kappa shape index (κ3) is 1.96. The van der Waals surface area contributed by atoms with Crippen molar-refractivity contribution in [3.8, 4) is 5.75 Å². The van der Waals surface area contributed by atoms with Gasteiger partial charge in [-0.2, -0.15) is 0 Å². The Hall–Kier alpha value is -0.730. The van der Waals surface area contributed by atoms with Gasteiger partial charge >= 0.3 is 0 Å². The number of hydrogen-bond acceptors (Lipinski definition) is 2. The average molecular weight is 278 g/mol. The number of hydrogen-bond donors (Lipinski definition) is 1. The van der Waals surface area contributed by atoms with Crippen molar-refractivity contribution in [2.45, 2.75) is 38.1 Å². The zero-order chi connectivity index (χ0) is 13.0. The second-order valence-electron chi connectivity index (χ2n) is 6.36. The Balaban J connectivity index is 1.54. The molecule has 2 N–H and O–H groups in total. The van der Waals surface area contributed by atoms with E-state index in [0.717, 1.165) is 48.0 Å². The predicted molar refractivity (Wildman–Crippen MR) is 76.7 cm³/mol. The first-order valence-electron chi connectivity index (χ1n) is 7.44. The van der Waals surface area contributed by atoms with Crippen LogP contribution >= 0.6 is 11.6 Å². The smallest absolute Gasteiger partial charge is 0.125 e.